The van der Waals surface area contributed by atoms with E-state index in [1.807, 2.05) is 0 Å². The van der Waals surface area contributed by atoms with Crippen LogP contribution in [0.2, 0.25) is 0 Å². The minimum atomic E-state index is -5.78. The van der Waals surface area contributed by atoms with E-state index in [1.165, 1.54) is 12.1 Å². The van der Waals surface area contributed by atoms with Crippen LogP contribution in [-0.4, -0.2) is 26.0 Å². The van der Waals surface area contributed by atoms with Gasteiger partial charge in [0.15, 0.2) is 0 Å². The molecule has 0 aliphatic rings. The van der Waals surface area contributed by atoms with Crippen LogP contribution in [0.1, 0.15) is 5.56 Å². The fraction of sp³-hybridized carbons (Fsp3) is 0.400. The van der Waals surface area contributed by atoms with Crippen LogP contribution in [0.3, 0.4) is 0 Å². The second-order valence-corrected chi connectivity index (χ2v) is 6.49. The second kappa shape index (κ2) is 7.27. The molecular formula is C10H8F5O6S2-. The molecule has 6 nitrogen and oxygen atoms in total. The maximum atomic E-state index is 13.4. The standard InChI is InChI=1S/C10H9F5O6S2/c1-6-2-4-7(5-3-6)23(17,18)19-8(9(11,12)13)10(14,15)22-21-20-16/h2-5,8,16H,1H3/p-1. The molecule has 0 fully saturated rings. The fourth-order valence-electron chi connectivity index (χ4n) is 1.29. The Hall–Kier alpha value is -0.990. The molecule has 0 heterocycles. The van der Waals surface area contributed by atoms with Gasteiger partial charge < -0.3 is 5.26 Å². The molecule has 13 heteroatoms. The molecule has 0 amide bonds. The van der Waals surface area contributed by atoms with Crippen LogP contribution in [0.4, 0.5) is 22.0 Å². The van der Waals surface area contributed by atoms with Gasteiger partial charge in [-0.25, -0.2) is 4.18 Å². The smallest absolute Gasteiger partial charge is 0.423 e. The zero-order valence-electron chi connectivity index (χ0n) is 11.0. The molecule has 0 aliphatic carbocycles. The summed E-state index contributed by atoms with van der Waals surface area (Å²) in [6.45, 7) is 1.57. The lowest BCUT2D eigenvalue weighted by atomic mass is 10.2. The van der Waals surface area contributed by atoms with E-state index < -0.39 is 44.6 Å². The summed E-state index contributed by atoms with van der Waals surface area (Å²) in [4.78, 5) is -0.751. The van der Waals surface area contributed by atoms with Gasteiger partial charge in [0.05, 0.1) is 4.90 Å². The van der Waals surface area contributed by atoms with Gasteiger partial charge in [0.1, 0.15) is 12.0 Å². The summed E-state index contributed by atoms with van der Waals surface area (Å²) in [5.41, 5.74) is 0.582. The fourth-order valence-corrected chi connectivity index (χ4v) is 2.80. The molecule has 1 atom stereocenters. The van der Waals surface area contributed by atoms with Crippen LogP contribution in [0, 0.1) is 6.92 Å². The van der Waals surface area contributed by atoms with Gasteiger partial charge in [0.2, 0.25) is 6.10 Å². The minimum Gasteiger partial charge on any atom is -0.691 e. The third-order valence-corrected chi connectivity index (χ3v) is 4.16. The topological polar surface area (TPSA) is 84.9 Å². The van der Waals surface area contributed by atoms with Crippen molar-refractivity contribution in [2.24, 2.45) is 0 Å². The lowest BCUT2D eigenvalue weighted by molar-refractivity contribution is -0.777. The molecule has 0 aliphatic heterocycles. The SMILES string of the molecule is Cc1ccc(S(=O)(=O)OC(C(F)(F)F)C(F)(F)SOO[O-])cc1. The largest absolute Gasteiger partial charge is 0.691 e. The van der Waals surface area contributed by atoms with Crippen molar-refractivity contribution in [2.45, 2.75) is 29.4 Å². The molecule has 0 saturated carbocycles. The Morgan fingerprint density at radius 3 is 2.09 bits per heavy atom. The maximum absolute atomic E-state index is 13.4. The Labute approximate surface area is 131 Å². The highest BCUT2D eigenvalue weighted by Gasteiger charge is 2.60. The molecule has 1 aromatic carbocycles. The van der Waals surface area contributed by atoms with Crippen molar-refractivity contribution in [1.29, 1.82) is 0 Å². The lowest BCUT2D eigenvalue weighted by Crippen LogP contribution is -2.46. The molecular weight excluding hydrogens is 375 g/mol. The van der Waals surface area contributed by atoms with Crippen LogP contribution >= 0.6 is 12.0 Å². The number of benzene rings is 1. The number of halogens is 5. The number of hydrogen-bond donors (Lipinski definition) is 0. The van der Waals surface area contributed by atoms with Crippen molar-refractivity contribution in [3.05, 3.63) is 29.8 Å². The number of hydrogen-bond acceptors (Lipinski definition) is 7. The first-order valence-electron chi connectivity index (χ1n) is 5.49. The summed E-state index contributed by atoms with van der Waals surface area (Å²) in [6, 6.07) is 4.25. The average molecular weight is 383 g/mol. The number of aryl methyl sites for hydroxylation is 1. The van der Waals surface area contributed by atoms with Gasteiger partial charge in [-0.1, -0.05) is 17.7 Å². The van der Waals surface area contributed by atoms with Crippen molar-refractivity contribution < 1.29 is 49.2 Å². The highest BCUT2D eigenvalue weighted by molar-refractivity contribution is 7.95. The van der Waals surface area contributed by atoms with E-state index in [1.54, 1.807) is 6.92 Å². The molecule has 0 saturated heterocycles. The summed E-state index contributed by atoms with van der Waals surface area (Å²) >= 11 is -1.33. The van der Waals surface area contributed by atoms with Crippen molar-refractivity contribution in [1.82, 2.24) is 0 Å². The summed E-state index contributed by atoms with van der Waals surface area (Å²) < 4.78 is 95.1. The van der Waals surface area contributed by atoms with E-state index in [2.05, 4.69) is 13.6 Å². The highest BCUT2D eigenvalue weighted by Crippen LogP contribution is 2.43. The quantitative estimate of drug-likeness (QED) is 0.234. The summed E-state index contributed by atoms with van der Waals surface area (Å²) in [5, 5.41) is 7.03. The summed E-state index contributed by atoms with van der Waals surface area (Å²) in [5.74, 6) is 0. The molecule has 0 spiro atoms. The van der Waals surface area contributed by atoms with Gasteiger partial charge in [-0.2, -0.15) is 34.7 Å². The minimum absolute atomic E-state index is 0.582. The average Bonchev–Trinajstić information content (AvgIpc) is 2.42. The van der Waals surface area contributed by atoms with Crippen molar-refractivity contribution in [2.75, 3.05) is 0 Å². The summed E-state index contributed by atoms with van der Waals surface area (Å²) in [7, 11) is -5.16. The Balaban J connectivity index is 3.13. The molecule has 1 aromatic rings. The van der Waals surface area contributed by atoms with E-state index in [0.717, 1.165) is 12.1 Å². The molecule has 0 bridgehead atoms. The second-order valence-electron chi connectivity index (χ2n) is 4.07. The molecule has 0 aromatic heterocycles. The van der Waals surface area contributed by atoms with E-state index in [-0.39, 0.29) is 0 Å². The zero-order chi connectivity index (χ0) is 17.9. The molecule has 132 valence electrons. The van der Waals surface area contributed by atoms with Crippen LogP contribution < -0.4 is 5.26 Å². The zero-order valence-corrected chi connectivity index (χ0v) is 12.7. The van der Waals surface area contributed by atoms with Crippen LogP contribution in [-0.2, 0) is 23.7 Å². The van der Waals surface area contributed by atoms with Crippen LogP contribution in [0.5, 0.6) is 0 Å². The van der Waals surface area contributed by atoms with Crippen LogP contribution in [0.25, 0.3) is 0 Å². The first-order valence-corrected chi connectivity index (χ1v) is 7.64. The molecule has 0 N–H and O–H groups in total. The van der Waals surface area contributed by atoms with E-state index in [9.17, 15) is 35.6 Å². The maximum Gasteiger partial charge on any atom is 0.423 e. The van der Waals surface area contributed by atoms with Crippen LogP contribution in [0.15, 0.2) is 29.2 Å². The van der Waals surface area contributed by atoms with Gasteiger partial charge in [-0.3, -0.25) is 5.04 Å². The Kier molecular flexibility index (Phi) is 6.34. The molecule has 1 rings (SSSR count). The predicted octanol–water partition coefficient (Wildman–Crippen LogP) is 2.10. The first-order chi connectivity index (χ1) is 10.4. The third-order valence-electron chi connectivity index (χ3n) is 2.31. The number of rotatable bonds is 7. The lowest BCUT2D eigenvalue weighted by Gasteiger charge is -2.26. The van der Waals surface area contributed by atoms with Crippen molar-refractivity contribution in [3.8, 4) is 0 Å². The Bertz CT molecular complexity index is 616. The predicted molar refractivity (Wildman–Crippen MR) is 64.0 cm³/mol. The monoisotopic (exact) mass is 383 g/mol. The van der Waals surface area contributed by atoms with Gasteiger partial charge in [-0.05, 0) is 19.1 Å². The van der Waals surface area contributed by atoms with Gasteiger partial charge >= 0.3 is 11.4 Å². The molecule has 0 radical (unpaired) electrons. The third kappa shape index (κ3) is 5.54. The van der Waals surface area contributed by atoms with Crippen molar-refractivity contribution in [3.63, 3.8) is 0 Å². The van der Waals surface area contributed by atoms with Gasteiger partial charge in [-0.15, -0.1) is 0 Å². The molecule has 1 unspecified atom stereocenters. The molecule has 23 heavy (non-hydrogen) atoms. The highest BCUT2D eigenvalue weighted by atomic mass is 32.2. The normalized spacial score (nSPS) is 14.7. The van der Waals surface area contributed by atoms with E-state index in [0.29, 0.717) is 5.56 Å². The van der Waals surface area contributed by atoms with Crippen molar-refractivity contribution >= 4 is 22.2 Å². The van der Waals surface area contributed by atoms with Gasteiger partial charge in [0, 0.05) is 0 Å². The van der Waals surface area contributed by atoms with E-state index >= 15 is 0 Å². The van der Waals surface area contributed by atoms with Gasteiger partial charge in [0.25, 0.3) is 10.1 Å². The Morgan fingerprint density at radius 1 is 1.13 bits per heavy atom. The first kappa shape index (κ1) is 20.1. The summed E-state index contributed by atoms with van der Waals surface area (Å²) in [6.07, 6.45) is -9.87. The Morgan fingerprint density at radius 2 is 1.65 bits per heavy atom. The number of alkyl halides is 5. The van der Waals surface area contributed by atoms with E-state index in [4.69, 9.17) is 0 Å².